The van der Waals surface area contributed by atoms with Crippen molar-refractivity contribution in [1.29, 1.82) is 0 Å². The van der Waals surface area contributed by atoms with Crippen LogP contribution in [0.2, 0.25) is 0 Å². The highest BCUT2D eigenvalue weighted by molar-refractivity contribution is 6.04. The minimum Gasteiger partial charge on any atom is -0.454 e. The molecule has 130 valence electrons. The molecule has 0 aliphatic carbocycles. The van der Waals surface area contributed by atoms with Gasteiger partial charge in [-0.05, 0) is 49.4 Å². The average Bonchev–Trinajstić information content (AvgIpc) is 3.10. The van der Waals surface area contributed by atoms with E-state index < -0.39 is 0 Å². The number of morpholine rings is 1. The summed E-state index contributed by atoms with van der Waals surface area (Å²) >= 11 is 0. The fourth-order valence-corrected chi connectivity index (χ4v) is 3.05. The third-order valence-electron chi connectivity index (χ3n) is 4.37. The predicted molar refractivity (Wildman–Crippen MR) is 94.6 cm³/mol. The van der Waals surface area contributed by atoms with Crippen molar-refractivity contribution in [2.75, 3.05) is 36.7 Å². The van der Waals surface area contributed by atoms with E-state index in [2.05, 4.69) is 17.1 Å². The van der Waals surface area contributed by atoms with E-state index >= 15 is 0 Å². The molecule has 0 aromatic heterocycles. The summed E-state index contributed by atoms with van der Waals surface area (Å²) in [5.74, 6) is 1.09. The van der Waals surface area contributed by atoms with Gasteiger partial charge in [0.15, 0.2) is 11.5 Å². The van der Waals surface area contributed by atoms with Gasteiger partial charge in [-0.15, -0.1) is 0 Å². The van der Waals surface area contributed by atoms with Crippen LogP contribution < -0.4 is 19.7 Å². The van der Waals surface area contributed by atoms with Crippen LogP contribution in [0.1, 0.15) is 17.3 Å². The summed E-state index contributed by atoms with van der Waals surface area (Å²) < 4.78 is 16.1. The first kappa shape index (κ1) is 15.8. The van der Waals surface area contributed by atoms with Crippen LogP contribution in [0.3, 0.4) is 0 Å². The molecule has 0 saturated carbocycles. The van der Waals surface area contributed by atoms with Gasteiger partial charge < -0.3 is 24.4 Å². The Labute approximate surface area is 146 Å². The number of ether oxygens (including phenoxy) is 3. The Hall–Kier alpha value is -2.73. The Bertz CT molecular complexity index is 775. The summed E-state index contributed by atoms with van der Waals surface area (Å²) in [6.45, 7) is 4.77. The second kappa shape index (κ2) is 6.64. The van der Waals surface area contributed by atoms with Crippen molar-refractivity contribution in [3.8, 4) is 11.5 Å². The molecule has 2 heterocycles. The van der Waals surface area contributed by atoms with Crippen LogP contribution in [0.25, 0.3) is 0 Å². The Balaban J connectivity index is 1.43. The van der Waals surface area contributed by atoms with Gasteiger partial charge in [0.1, 0.15) is 0 Å². The Morgan fingerprint density at radius 1 is 1.12 bits per heavy atom. The first-order valence-electron chi connectivity index (χ1n) is 8.37. The molecular formula is C19H20N2O4. The molecule has 6 heteroatoms. The zero-order valence-electron chi connectivity index (χ0n) is 14.0. The lowest BCUT2D eigenvalue weighted by Gasteiger charge is -2.33. The maximum absolute atomic E-state index is 12.4. The summed E-state index contributed by atoms with van der Waals surface area (Å²) in [4.78, 5) is 14.7. The van der Waals surface area contributed by atoms with Crippen LogP contribution in [0.4, 0.5) is 11.4 Å². The van der Waals surface area contributed by atoms with Gasteiger partial charge in [0.25, 0.3) is 5.91 Å². The maximum atomic E-state index is 12.4. The van der Waals surface area contributed by atoms with Crippen LogP contribution >= 0.6 is 0 Å². The number of carbonyl (C=O) groups excluding carboxylic acids is 1. The number of carbonyl (C=O) groups is 1. The molecule has 2 aromatic rings. The molecule has 0 spiro atoms. The first-order valence-corrected chi connectivity index (χ1v) is 8.37. The summed E-state index contributed by atoms with van der Waals surface area (Å²) in [6.07, 6.45) is 0.235. The fourth-order valence-electron chi connectivity index (χ4n) is 3.05. The molecule has 6 nitrogen and oxygen atoms in total. The van der Waals surface area contributed by atoms with Gasteiger partial charge in [-0.3, -0.25) is 4.79 Å². The molecule has 2 aromatic carbocycles. The summed E-state index contributed by atoms with van der Waals surface area (Å²) in [5, 5.41) is 2.91. The van der Waals surface area contributed by atoms with Crippen molar-refractivity contribution < 1.29 is 19.0 Å². The first-order chi connectivity index (χ1) is 12.2. The lowest BCUT2D eigenvalue weighted by molar-refractivity contribution is 0.0532. The van der Waals surface area contributed by atoms with Gasteiger partial charge >= 0.3 is 0 Å². The lowest BCUT2D eigenvalue weighted by atomic mass is 10.1. The minimum atomic E-state index is -0.175. The van der Waals surface area contributed by atoms with Crippen LogP contribution in [0, 0.1) is 0 Å². The molecule has 1 unspecified atom stereocenters. The lowest BCUT2D eigenvalue weighted by Crippen LogP contribution is -2.41. The summed E-state index contributed by atoms with van der Waals surface area (Å²) in [5.41, 5.74) is 2.43. The van der Waals surface area contributed by atoms with Crippen LogP contribution in [0.5, 0.6) is 11.5 Å². The quantitative estimate of drug-likeness (QED) is 0.931. The molecule has 1 amide bonds. The second-order valence-electron chi connectivity index (χ2n) is 6.20. The molecule has 1 atom stereocenters. The summed E-state index contributed by atoms with van der Waals surface area (Å²) in [7, 11) is 0. The van der Waals surface area contributed by atoms with E-state index in [9.17, 15) is 4.79 Å². The van der Waals surface area contributed by atoms with Crippen molar-refractivity contribution in [3.63, 3.8) is 0 Å². The van der Waals surface area contributed by atoms with Crippen LogP contribution in [-0.4, -0.2) is 38.5 Å². The zero-order chi connectivity index (χ0) is 17.2. The van der Waals surface area contributed by atoms with Crippen LogP contribution in [-0.2, 0) is 4.74 Å². The topological polar surface area (TPSA) is 60.0 Å². The number of nitrogens with zero attached hydrogens (tertiary/aromatic N) is 1. The fraction of sp³-hybridized carbons (Fsp3) is 0.316. The van der Waals surface area contributed by atoms with E-state index in [1.165, 1.54) is 0 Å². The molecule has 4 rings (SSSR count). The Morgan fingerprint density at radius 2 is 1.92 bits per heavy atom. The predicted octanol–water partition coefficient (Wildman–Crippen LogP) is 2.89. The van der Waals surface area contributed by atoms with E-state index in [-0.39, 0.29) is 18.8 Å². The van der Waals surface area contributed by atoms with Crippen molar-refractivity contribution in [3.05, 3.63) is 48.0 Å². The van der Waals surface area contributed by atoms with Gasteiger partial charge in [0.2, 0.25) is 6.79 Å². The maximum Gasteiger partial charge on any atom is 0.255 e. The largest absolute Gasteiger partial charge is 0.454 e. The van der Waals surface area contributed by atoms with Gasteiger partial charge in [-0.2, -0.15) is 0 Å². The molecule has 0 bridgehead atoms. The van der Waals surface area contributed by atoms with Crippen molar-refractivity contribution in [2.24, 2.45) is 0 Å². The standard InChI is InChI=1S/C19H20N2O4/c1-13-11-21(8-9-23-13)16-5-3-15(4-6-16)20-19(22)14-2-7-17-18(10-14)25-12-24-17/h2-7,10,13H,8-9,11-12H2,1H3,(H,20,22). The Morgan fingerprint density at radius 3 is 2.72 bits per heavy atom. The van der Waals surface area contributed by atoms with E-state index in [1.54, 1.807) is 18.2 Å². The Kier molecular flexibility index (Phi) is 4.19. The normalized spacial score (nSPS) is 18.9. The number of nitrogens with one attached hydrogen (secondary N) is 1. The van der Waals surface area contributed by atoms with E-state index in [4.69, 9.17) is 14.2 Å². The molecule has 1 saturated heterocycles. The third kappa shape index (κ3) is 3.39. The molecule has 0 radical (unpaired) electrons. The number of anilines is 2. The highest BCUT2D eigenvalue weighted by Gasteiger charge is 2.18. The number of amides is 1. The molecule has 2 aliphatic heterocycles. The number of hydrogen-bond acceptors (Lipinski definition) is 5. The average molecular weight is 340 g/mol. The highest BCUT2D eigenvalue weighted by Crippen LogP contribution is 2.32. The number of fused-ring (bicyclic) bond motifs is 1. The molecule has 2 aliphatic rings. The van der Waals surface area contributed by atoms with Gasteiger partial charge in [0.05, 0.1) is 12.7 Å². The molecular weight excluding hydrogens is 320 g/mol. The van der Waals surface area contributed by atoms with Crippen molar-refractivity contribution >= 4 is 17.3 Å². The van der Waals surface area contributed by atoms with Crippen molar-refractivity contribution in [1.82, 2.24) is 0 Å². The van der Waals surface area contributed by atoms with E-state index in [0.717, 1.165) is 31.1 Å². The molecule has 25 heavy (non-hydrogen) atoms. The third-order valence-corrected chi connectivity index (χ3v) is 4.37. The highest BCUT2D eigenvalue weighted by atomic mass is 16.7. The number of hydrogen-bond donors (Lipinski definition) is 1. The number of rotatable bonds is 3. The van der Waals surface area contributed by atoms with Gasteiger partial charge in [0, 0.05) is 30.0 Å². The van der Waals surface area contributed by atoms with E-state index in [0.29, 0.717) is 17.1 Å². The van der Waals surface area contributed by atoms with Crippen LogP contribution in [0.15, 0.2) is 42.5 Å². The summed E-state index contributed by atoms with van der Waals surface area (Å²) in [6, 6.07) is 13.1. The van der Waals surface area contributed by atoms with Gasteiger partial charge in [-0.25, -0.2) is 0 Å². The zero-order valence-corrected chi connectivity index (χ0v) is 14.0. The second-order valence-corrected chi connectivity index (χ2v) is 6.20. The SMILES string of the molecule is CC1CN(c2ccc(NC(=O)c3ccc4c(c3)OCO4)cc2)CCO1. The monoisotopic (exact) mass is 340 g/mol. The molecule has 1 N–H and O–H groups in total. The van der Waals surface area contributed by atoms with Crippen molar-refractivity contribution in [2.45, 2.75) is 13.0 Å². The smallest absolute Gasteiger partial charge is 0.255 e. The van der Waals surface area contributed by atoms with Gasteiger partial charge in [-0.1, -0.05) is 0 Å². The minimum absolute atomic E-state index is 0.175. The van der Waals surface area contributed by atoms with E-state index in [1.807, 2.05) is 24.3 Å². The molecule has 1 fully saturated rings. The number of benzene rings is 2.